The fourth-order valence-corrected chi connectivity index (χ4v) is 2.77. The Bertz CT molecular complexity index is 375. The topological polar surface area (TPSA) is 33.3 Å². The van der Waals surface area contributed by atoms with Crippen molar-refractivity contribution in [1.82, 2.24) is 10.6 Å². The van der Waals surface area contributed by atoms with Crippen molar-refractivity contribution < 1.29 is 4.74 Å². The number of methoxy groups -OCH3 is 1. The molecule has 2 rings (SSSR count). The van der Waals surface area contributed by atoms with Crippen molar-refractivity contribution in [2.75, 3.05) is 13.7 Å². The Hall–Kier alpha value is -1.06. The van der Waals surface area contributed by atoms with Gasteiger partial charge in [0.2, 0.25) is 0 Å². The molecule has 1 heterocycles. The second kappa shape index (κ2) is 7.51. The summed E-state index contributed by atoms with van der Waals surface area (Å²) in [5, 5.41) is 7.21. The summed E-state index contributed by atoms with van der Waals surface area (Å²) >= 11 is 0. The van der Waals surface area contributed by atoms with Crippen LogP contribution in [0.2, 0.25) is 0 Å². The van der Waals surface area contributed by atoms with Gasteiger partial charge in [-0.1, -0.05) is 24.6 Å². The first-order valence-electron chi connectivity index (χ1n) is 7.38. The van der Waals surface area contributed by atoms with Crippen LogP contribution in [0.25, 0.3) is 0 Å². The van der Waals surface area contributed by atoms with Gasteiger partial charge in [-0.25, -0.2) is 0 Å². The lowest BCUT2D eigenvalue weighted by molar-refractivity contribution is 0.343. The van der Waals surface area contributed by atoms with Crippen LogP contribution in [0.1, 0.15) is 38.2 Å². The van der Waals surface area contributed by atoms with Crippen LogP contribution in [0, 0.1) is 0 Å². The van der Waals surface area contributed by atoms with Gasteiger partial charge in [0, 0.05) is 24.2 Å². The minimum Gasteiger partial charge on any atom is -0.496 e. The van der Waals surface area contributed by atoms with Crippen LogP contribution in [-0.2, 0) is 6.54 Å². The lowest BCUT2D eigenvalue weighted by Gasteiger charge is -2.26. The second-order valence-electron chi connectivity index (χ2n) is 5.48. The molecule has 0 saturated carbocycles. The molecule has 2 N–H and O–H groups in total. The van der Waals surface area contributed by atoms with Gasteiger partial charge in [-0.05, 0) is 38.8 Å². The Morgan fingerprint density at radius 3 is 2.95 bits per heavy atom. The first kappa shape index (κ1) is 14.4. The largest absolute Gasteiger partial charge is 0.496 e. The molecule has 1 aliphatic heterocycles. The fraction of sp³-hybridized carbons (Fsp3) is 0.625. The maximum Gasteiger partial charge on any atom is 0.123 e. The van der Waals surface area contributed by atoms with E-state index in [2.05, 4.69) is 29.7 Å². The standard InChI is InChI=1S/C16H26N2O/c1-13(11-15-8-5-6-10-17-15)18-12-14-7-3-4-9-16(14)19-2/h3-4,7,9,13,15,17-18H,5-6,8,10-12H2,1-2H3. The smallest absolute Gasteiger partial charge is 0.123 e. The highest BCUT2D eigenvalue weighted by atomic mass is 16.5. The minimum absolute atomic E-state index is 0.528. The molecule has 2 unspecified atom stereocenters. The van der Waals surface area contributed by atoms with Crippen LogP contribution in [0.15, 0.2) is 24.3 Å². The average molecular weight is 262 g/mol. The summed E-state index contributed by atoms with van der Waals surface area (Å²) in [7, 11) is 1.73. The van der Waals surface area contributed by atoms with Crippen LogP contribution in [0.3, 0.4) is 0 Å². The van der Waals surface area contributed by atoms with E-state index < -0.39 is 0 Å². The zero-order valence-corrected chi connectivity index (χ0v) is 12.1. The molecule has 0 spiro atoms. The van der Waals surface area contributed by atoms with Gasteiger partial charge >= 0.3 is 0 Å². The molecule has 19 heavy (non-hydrogen) atoms. The number of nitrogens with one attached hydrogen (secondary N) is 2. The quantitative estimate of drug-likeness (QED) is 0.827. The van der Waals surface area contributed by atoms with Gasteiger partial charge in [-0.15, -0.1) is 0 Å². The fourth-order valence-electron chi connectivity index (χ4n) is 2.77. The molecular formula is C16H26N2O. The summed E-state index contributed by atoms with van der Waals surface area (Å²) < 4.78 is 5.38. The van der Waals surface area contributed by atoms with E-state index in [4.69, 9.17) is 4.74 Å². The number of hydrogen-bond donors (Lipinski definition) is 2. The van der Waals surface area contributed by atoms with E-state index in [-0.39, 0.29) is 0 Å². The number of para-hydroxylation sites is 1. The van der Waals surface area contributed by atoms with Crippen LogP contribution in [-0.4, -0.2) is 25.7 Å². The molecular weight excluding hydrogens is 236 g/mol. The summed E-state index contributed by atoms with van der Waals surface area (Å²) in [6, 6.07) is 9.43. The number of benzene rings is 1. The summed E-state index contributed by atoms with van der Waals surface area (Å²) in [6.07, 6.45) is 5.23. The highest BCUT2D eigenvalue weighted by Crippen LogP contribution is 2.17. The van der Waals surface area contributed by atoms with E-state index in [0.717, 1.165) is 12.3 Å². The second-order valence-corrected chi connectivity index (χ2v) is 5.48. The lowest BCUT2D eigenvalue weighted by Crippen LogP contribution is -2.39. The lowest BCUT2D eigenvalue weighted by atomic mass is 9.98. The molecule has 1 aromatic carbocycles. The van der Waals surface area contributed by atoms with E-state index >= 15 is 0 Å². The van der Waals surface area contributed by atoms with Gasteiger partial charge < -0.3 is 15.4 Å². The first-order valence-corrected chi connectivity index (χ1v) is 7.38. The molecule has 1 saturated heterocycles. The van der Waals surface area contributed by atoms with Crippen molar-refractivity contribution in [2.24, 2.45) is 0 Å². The Kier molecular flexibility index (Phi) is 5.67. The monoisotopic (exact) mass is 262 g/mol. The Morgan fingerprint density at radius 1 is 1.37 bits per heavy atom. The molecule has 0 radical (unpaired) electrons. The van der Waals surface area contributed by atoms with Crippen molar-refractivity contribution >= 4 is 0 Å². The number of rotatable bonds is 6. The van der Waals surface area contributed by atoms with Crippen LogP contribution in [0.4, 0.5) is 0 Å². The number of ether oxygens (including phenoxy) is 1. The first-order chi connectivity index (χ1) is 9.29. The normalized spacial score (nSPS) is 21.1. The van der Waals surface area contributed by atoms with Gasteiger partial charge in [0.1, 0.15) is 5.75 Å². The summed E-state index contributed by atoms with van der Waals surface area (Å²) in [4.78, 5) is 0. The molecule has 3 heteroatoms. The SMILES string of the molecule is COc1ccccc1CNC(C)CC1CCCCN1. The van der Waals surface area contributed by atoms with Crippen LogP contribution >= 0.6 is 0 Å². The molecule has 1 aliphatic rings. The molecule has 0 amide bonds. The van der Waals surface area contributed by atoms with Crippen LogP contribution < -0.4 is 15.4 Å². The molecule has 0 aliphatic carbocycles. The Balaban J connectivity index is 1.77. The van der Waals surface area contributed by atoms with E-state index in [1.165, 1.54) is 37.8 Å². The third-order valence-electron chi connectivity index (χ3n) is 3.88. The molecule has 0 bridgehead atoms. The summed E-state index contributed by atoms with van der Waals surface area (Å²) in [5.41, 5.74) is 1.23. The number of piperidine rings is 1. The van der Waals surface area contributed by atoms with E-state index in [1.807, 2.05) is 12.1 Å². The van der Waals surface area contributed by atoms with Crippen molar-refractivity contribution in [2.45, 2.75) is 51.2 Å². The van der Waals surface area contributed by atoms with Gasteiger partial charge in [-0.3, -0.25) is 0 Å². The third kappa shape index (κ3) is 4.51. The molecule has 1 aromatic rings. The summed E-state index contributed by atoms with van der Waals surface area (Å²) in [6.45, 7) is 4.33. The Labute approximate surface area is 116 Å². The maximum absolute atomic E-state index is 5.38. The van der Waals surface area contributed by atoms with Crippen molar-refractivity contribution in [3.05, 3.63) is 29.8 Å². The zero-order valence-electron chi connectivity index (χ0n) is 12.1. The Morgan fingerprint density at radius 2 is 2.21 bits per heavy atom. The molecule has 0 aromatic heterocycles. The number of hydrogen-bond acceptors (Lipinski definition) is 3. The molecule has 3 nitrogen and oxygen atoms in total. The van der Waals surface area contributed by atoms with Crippen molar-refractivity contribution in [1.29, 1.82) is 0 Å². The summed E-state index contributed by atoms with van der Waals surface area (Å²) in [5.74, 6) is 0.970. The van der Waals surface area contributed by atoms with Crippen molar-refractivity contribution in [3.8, 4) is 5.75 Å². The van der Waals surface area contributed by atoms with Crippen LogP contribution in [0.5, 0.6) is 5.75 Å². The maximum atomic E-state index is 5.38. The zero-order chi connectivity index (χ0) is 13.5. The minimum atomic E-state index is 0.528. The van der Waals surface area contributed by atoms with Gasteiger partial charge in [0.15, 0.2) is 0 Å². The highest BCUT2D eigenvalue weighted by Gasteiger charge is 2.15. The van der Waals surface area contributed by atoms with Gasteiger partial charge in [0.05, 0.1) is 7.11 Å². The molecule has 1 fully saturated rings. The van der Waals surface area contributed by atoms with E-state index in [9.17, 15) is 0 Å². The van der Waals surface area contributed by atoms with E-state index in [0.29, 0.717) is 12.1 Å². The predicted octanol–water partition coefficient (Wildman–Crippen LogP) is 2.71. The molecule has 106 valence electrons. The van der Waals surface area contributed by atoms with Gasteiger partial charge in [-0.2, -0.15) is 0 Å². The molecule has 2 atom stereocenters. The average Bonchev–Trinajstić information content (AvgIpc) is 2.46. The predicted molar refractivity (Wildman–Crippen MR) is 79.6 cm³/mol. The van der Waals surface area contributed by atoms with Gasteiger partial charge in [0.25, 0.3) is 0 Å². The van der Waals surface area contributed by atoms with Crippen molar-refractivity contribution in [3.63, 3.8) is 0 Å². The highest BCUT2D eigenvalue weighted by molar-refractivity contribution is 5.32. The van der Waals surface area contributed by atoms with E-state index in [1.54, 1.807) is 7.11 Å². The third-order valence-corrected chi connectivity index (χ3v) is 3.88.